The van der Waals surface area contributed by atoms with Crippen LogP contribution in [0.25, 0.3) is 0 Å². The molecule has 0 aromatic rings. The van der Waals surface area contributed by atoms with Crippen molar-refractivity contribution in [1.82, 2.24) is 0 Å². The molecule has 0 saturated heterocycles. The van der Waals surface area contributed by atoms with Crippen molar-refractivity contribution in [2.24, 2.45) is 0 Å². The van der Waals surface area contributed by atoms with Crippen molar-refractivity contribution in [2.75, 3.05) is 0 Å². The van der Waals surface area contributed by atoms with E-state index in [0.29, 0.717) is 0 Å². The van der Waals surface area contributed by atoms with Gasteiger partial charge in [0.25, 0.3) is 0 Å². The van der Waals surface area contributed by atoms with Gasteiger partial charge in [-0.1, -0.05) is 0 Å². The van der Waals surface area contributed by atoms with Gasteiger partial charge in [0.2, 0.25) is 0 Å². The molecule has 0 aromatic heterocycles. The zero-order valence-electron chi connectivity index (χ0n) is 2.27. The Labute approximate surface area is 38.7 Å². The van der Waals surface area contributed by atoms with Gasteiger partial charge in [0.1, 0.15) is 9.55 Å². The second-order valence-corrected chi connectivity index (χ2v) is 0. The SMILES string of the molecule is OS.[SiH3]Cl. The van der Waals surface area contributed by atoms with Crippen LogP contribution >= 0.6 is 24.0 Å². The Morgan fingerprint density at radius 3 is 1.50 bits per heavy atom. The summed E-state index contributed by atoms with van der Waals surface area (Å²) in [6.45, 7) is 0. The molecular weight excluding hydrogens is 112 g/mol. The normalized spacial score (nSPS) is 3.75. The third-order valence-electron chi connectivity index (χ3n) is 0. The van der Waals surface area contributed by atoms with Gasteiger partial charge in [-0.05, 0) is 12.9 Å². The highest BCUT2D eigenvalue weighted by atomic mass is 35.6. The largest absolute Gasteiger partial charge is 0.333 e. The van der Waals surface area contributed by atoms with Gasteiger partial charge in [0.05, 0.1) is 0 Å². The molecule has 0 aliphatic heterocycles. The minimum absolute atomic E-state index is 0.778. The lowest BCUT2D eigenvalue weighted by atomic mass is 15.9. The van der Waals surface area contributed by atoms with Crippen LogP contribution in [0.4, 0.5) is 0 Å². The van der Waals surface area contributed by atoms with Crippen LogP contribution in [0.2, 0.25) is 0 Å². The molecule has 4 heteroatoms. The zero-order valence-corrected chi connectivity index (χ0v) is 5.92. The summed E-state index contributed by atoms with van der Waals surface area (Å²) in [5, 5.41) is 0. The van der Waals surface area contributed by atoms with E-state index >= 15 is 0 Å². The molecule has 0 heterocycles. The fourth-order valence-electron chi connectivity index (χ4n) is 0. The first-order valence-electron chi connectivity index (χ1n) is 0.578. The summed E-state index contributed by atoms with van der Waals surface area (Å²) in [7, 11) is 0.778. The average Bonchev–Trinajstić information content (AvgIpc) is 1.50. The first kappa shape index (κ1) is 8.84. The summed E-state index contributed by atoms with van der Waals surface area (Å²) in [4.78, 5) is 0. The quantitative estimate of drug-likeness (QED) is 0.196. The van der Waals surface area contributed by atoms with Gasteiger partial charge in [0, 0.05) is 0 Å². The van der Waals surface area contributed by atoms with E-state index in [-0.39, 0.29) is 0 Å². The Hall–Kier alpha value is 0.817. The van der Waals surface area contributed by atoms with E-state index < -0.39 is 0 Å². The van der Waals surface area contributed by atoms with Gasteiger partial charge < -0.3 is 4.55 Å². The molecule has 0 saturated carbocycles. The van der Waals surface area contributed by atoms with Crippen LogP contribution in [0.15, 0.2) is 0 Å². The van der Waals surface area contributed by atoms with Crippen LogP contribution in [-0.4, -0.2) is 14.1 Å². The Morgan fingerprint density at radius 2 is 1.50 bits per heavy atom. The highest BCUT2D eigenvalue weighted by Gasteiger charge is 0.975. The summed E-state index contributed by atoms with van der Waals surface area (Å²) in [5.41, 5.74) is 0. The van der Waals surface area contributed by atoms with Crippen molar-refractivity contribution in [2.45, 2.75) is 0 Å². The number of rotatable bonds is 0. The molecule has 0 spiro atoms. The van der Waals surface area contributed by atoms with Crippen molar-refractivity contribution in [3.8, 4) is 0 Å². The molecule has 0 unspecified atom stereocenters. The molecule has 0 atom stereocenters. The lowest BCUT2D eigenvalue weighted by molar-refractivity contribution is 0.679. The predicted octanol–water partition coefficient (Wildman–Crippen LogP) is -0.105. The van der Waals surface area contributed by atoms with Crippen LogP contribution in [0.1, 0.15) is 0 Å². The van der Waals surface area contributed by atoms with E-state index in [0.717, 1.165) is 9.55 Å². The summed E-state index contributed by atoms with van der Waals surface area (Å²) in [5.74, 6) is 0. The third kappa shape index (κ3) is 13.9. The van der Waals surface area contributed by atoms with Crippen molar-refractivity contribution in [3.63, 3.8) is 0 Å². The molecule has 1 N–H and O–H groups in total. The number of thiol groups is 1. The zero-order chi connectivity index (χ0) is 4.00. The summed E-state index contributed by atoms with van der Waals surface area (Å²) >= 11 is 7.31. The van der Waals surface area contributed by atoms with Gasteiger partial charge >= 0.3 is 0 Å². The second kappa shape index (κ2) is 45.4. The third-order valence-corrected chi connectivity index (χ3v) is 0. The van der Waals surface area contributed by atoms with Gasteiger partial charge in [-0.2, -0.15) is 11.1 Å². The molecule has 1 nitrogen and oxygen atoms in total. The molecule has 0 rings (SSSR count). The maximum Gasteiger partial charge on any atom is 0.109 e. The van der Waals surface area contributed by atoms with E-state index in [1.54, 1.807) is 0 Å². The molecule has 4 heavy (non-hydrogen) atoms. The summed E-state index contributed by atoms with van der Waals surface area (Å²) < 4.78 is 6.69. The Kier molecular flexibility index (Phi) is 100. The van der Waals surface area contributed by atoms with E-state index in [9.17, 15) is 0 Å². The molecule has 28 valence electrons. The van der Waals surface area contributed by atoms with Gasteiger partial charge in [0.15, 0.2) is 0 Å². The highest BCUT2D eigenvalue weighted by molar-refractivity contribution is 7.74. The van der Waals surface area contributed by atoms with Crippen LogP contribution < -0.4 is 0 Å². The summed E-state index contributed by atoms with van der Waals surface area (Å²) in [6.07, 6.45) is 0. The van der Waals surface area contributed by atoms with E-state index in [4.69, 9.17) is 15.6 Å². The fraction of sp³-hybridized carbons (Fsp3) is 0. The van der Waals surface area contributed by atoms with Gasteiger partial charge in [-0.15, -0.1) is 0 Å². The summed E-state index contributed by atoms with van der Waals surface area (Å²) in [6, 6.07) is 0. The Bertz CT molecular complexity index is 8.00. The minimum atomic E-state index is 0.778. The smallest absolute Gasteiger partial charge is 0.109 e. The minimum Gasteiger partial charge on any atom is -0.333 e. The molecule has 0 amide bonds. The van der Waals surface area contributed by atoms with E-state index in [2.05, 4.69) is 12.9 Å². The molecule has 0 aliphatic rings. The lowest BCUT2D eigenvalue weighted by Gasteiger charge is -1.19. The van der Waals surface area contributed by atoms with Gasteiger partial charge in [-0.25, -0.2) is 0 Å². The number of halogens is 1. The maximum atomic E-state index is 6.69. The Morgan fingerprint density at radius 1 is 1.50 bits per heavy atom. The van der Waals surface area contributed by atoms with Crippen molar-refractivity contribution in [1.29, 1.82) is 0 Å². The number of hydrogen-bond donors (Lipinski definition) is 2. The van der Waals surface area contributed by atoms with Crippen LogP contribution in [0.3, 0.4) is 0 Å². The fourth-order valence-corrected chi connectivity index (χ4v) is 0. The first-order valence-corrected chi connectivity index (χ1v) is 4.00. The van der Waals surface area contributed by atoms with Crippen LogP contribution in [0, 0.1) is 0 Å². The first-order chi connectivity index (χ1) is 2.00. The molecule has 0 radical (unpaired) electrons. The van der Waals surface area contributed by atoms with E-state index in [1.807, 2.05) is 0 Å². The topological polar surface area (TPSA) is 20.2 Å². The average molecular weight is 117 g/mol. The maximum absolute atomic E-state index is 6.69. The Balaban J connectivity index is 0. The van der Waals surface area contributed by atoms with Crippen molar-refractivity contribution >= 4 is 33.5 Å². The molecule has 0 aromatic carbocycles. The monoisotopic (exact) mass is 116 g/mol. The predicted molar refractivity (Wildman–Crippen MR) is 27.4 cm³/mol. The highest BCUT2D eigenvalue weighted by Crippen LogP contribution is 1.29. The van der Waals surface area contributed by atoms with E-state index in [1.165, 1.54) is 0 Å². The van der Waals surface area contributed by atoms with Gasteiger partial charge in [-0.3, -0.25) is 0 Å². The van der Waals surface area contributed by atoms with Crippen molar-refractivity contribution in [3.05, 3.63) is 0 Å². The van der Waals surface area contributed by atoms with Crippen molar-refractivity contribution < 1.29 is 4.55 Å². The standard InChI is InChI=1S/ClH3Si.H2OS/c2*1-2/h2H3;1-2H. The molecule has 0 bridgehead atoms. The number of hydrogen-bond acceptors (Lipinski definition) is 2. The lowest BCUT2D eigenvalue weighted by Crippen LogP contribution is -0.980. The molecule has 0 fully saturated rings. The van der Waals surface area contributed by atoms with Crippen LogP contribution in [0.5, 0.6) is 0 Å². The second-order valence-electron chi connectivity index (χ2n) is 0. The van der Waals surface area contributed by atoms with Crippen LogP contribution in [-0.2, 0) is 0 Å². The molecule has 0 aliphatic carbocycles. The molecular formula is H5ClOSSi.